The van der Waals surface area contributed by atoms with Gasteiger partial charge in [0.05, 0.1) is 11.0 Å². The first-order chi connectivity index (χ1) is 23.8. The minimum Gasteiger partial charge on any atom is -0.438 e. The fraction of sp³-hybridized carbons (Fsp3) is 0. The number of hydrogen-bond donors (Lipinski definition) is 0. The van der Waals surface area contributed by atoms with Crippen molar-refractivity contribution in [3.63, 3.8) is 0 Å². The van der Waals surface area contributed by atoms with Crippen molar-refractivity contribution in [2.75, 3.05) is 0 Å². The molecule has 0 bridgehead atoms. The van der Waals surface area contributed by atoms with Crippen LogP contribution >= 0.6 is 0 Å². The van der Waals surface area contributed by atoms with Crippen LogP contribution in [0.3, 0.4) is 0 Å². The van der Waals surface area contributed by atoms with Crippen molar-refractivity contribution in [1.82, 2.24) is 24.5 Å². The van der Waals surface area contributed by atoms with E-state index in [-0.39, 0.29) is 0 Å². The lowest BCUT2D eigenvalue weighted by Gasteiger charge is -2.13. The second kappa shape index (κ2) is 10.4. The van der Waals surface area contributed by atoms with Gasteiger partial charge in [-0.2, -0.15) is 9.97 Å². The third-order valence-corrected chi connectivity index (χ3v) is 9.15. The second-order valence-corrected chi connectivity index (χ2v) is 11.9. The summed E-state index contributed by atoms with van der Waals surface area (Å²) in [5.41, 5.74) is 7.47. The molecule has 0 aliphatic rings. The molecule has 48 heavy (non-hydrogen) atoms. The summed E-state index contributed by atoms with van der Waals surface area (Å²) in [6, 6.07) is 50.0. The number of pyridine rings is 1. The predicted octanol–water partition coefficient (Wildman–Crippen LogP) is 10.4. The average molecular weight is 616 g/mol. The zero-order valence-electron chi connectivity index (χ0n) is 25.6. The maximum atomic E-state index is 6.32. The Morgan fingerprint density at radius 3 is 1.79 bits per heavy atom. The van der Waals surface area contributed by atoms with Crippen molar-refractivity contribution in [3.05, 3.63) is 152 Å². The van der Waals surface area contributed by atoms with Crippen molar-refractivity contribution < 1.29 is 4.42 Å². The van der Waals surface area contributed by atoms with E-state index in [1.165, 1.54) is 0 Å². The van der Waals surface area contributed by atoms with E-state index in [1.54, 1.807) is 6.20 Å². The van der Waals surface area contributed by atoms with Crippen molar-refractivity contribution in [3.8, 4) is 39.9 Å². The van der Waals surface area contributed by atoms with Crippen LogP contribution < -0.4 is 0 Å². The molecular formula is C42H25N5O. The van der Waals surface area contributed by atoms with Crippen LogP contribution in [0.15, 0.2) is 156 Å². The number of fused-ring (bicyclic) bond motifs is 8. The summed E-state index contributed by atoms with van der Waals surface area (Å²) in [6.07, 6.45) is 1.76. The molecular weight excluding hydrogens is 590 g/mol. The lowest BCUT2D eigenvalue weighted by molar-refractivity contribution is 0.654. The van der Waals surface area contributed by atoms with Crippen molar-refractivity contribution >= 4 is 54.6 Å². The highest BCUT2D eigenvalue weighted by atomic mass is 16.3. The van der Waals surface area contributed by atoms with E-state index in [0.717, 1.165) is 71.2 Å². The summed E-state index contributed by atoms with van der Waals surface area (Å²) in [6.45, 7) is 0. The van der Waals surface area contributed by atoms with Crippen LogP contribution in [0.25, 0.3) is 94.5 Å². The van der Waals surface area contributed by atoms with Gasteiger partial charge in [-0.15, -0.1) is 0 Å². The lowest BCUT2D eigenvalue weighted by Crippen LogP contribution is -2.06. The fourth-order valence-electron chi connectivity index (χ4n) is 6.95. The molecule has 0 fully saturated rings. The Morgan fingerprint density at radius 2 is 1.04 bits per heavy atom. The van der Waals surface area contributed by atoms with Crippen molar-refractivity contribution in [1.29, 1.82) is 0 Å². The van der Waals surface area contributed by atoms with Crippen LogP contribution in [0.4, 0.5) is 0 Å². The quantitative estimate of drug-likeness (QED) is 0.197. The second-order valence-electron chi connectivity index (χ2n) is 11.9. The van der Waals surface area contributed by atoms with E-state index in [9.17, 15) is 0 Å². The molecule has 0 aliphatic carbocycles. The Balaban J connectivity index is 1.26. The van der Waals surface area contributed by atoms with Crippen LogP contribution in [-0.2, 0) is 0 Å². The SMILES string of the molecule is c1ccc(-c2ccc(-c3nc(-c4cc5oc6ncccc6c5c5ccccc45)nc(-n4c5ccccc5c5ccccc54)n3)cc2)cc1. The third-order valence-electron chi connectivity index (χ3n) is 9.15. The van der Waals surface area contributed by atoms with Gasteiger partial charge in [-0.05, 0) is 52.2 Å². The van der Waals surface area contributed by atoms with Gasteiger partial charge < -0.3 is 4.42 Å². The largest absolute Gasteiger partial charge is 0.438 e. The van der Waals surface area contributed by atoms with Gasteiger partial charge in [0.2, 0.25) is 11.7 Å². The molecule has 0 saturated carbocycles. The van der Waals surface area contributed by atoms with Gasteiger partial charge in [0.15, 0.2) is 11.6 Å². The van der Waals surface area contributed by atoms with Gasteiger partial charge in [0, 0.05) is 38.9 Å². The Labute approximate surface area is 274 Å². The maximum absolute atomic E-state index is 6.32. The van der Waals surface area contributed by atoms with Crippen LogP contribution in [-0.4, -0.2) is 24.5 Å². The first-order valence-electron chi connectivity index (χ1n) is 15.9. The summed E-state index contributed by atoms with van der Waals surface area (Å²) >= 11 is 0. The Hall–Kier alpha value is -6.66. The zero-order chi connectivity index (χ0) is 31.6. The van der Waals surface area contributed by atoms with Crippen LogP contribution in [0.5, 0.6) is 0 Å². The predicted molar refractivity (Wildman–Crippen MR) is 193 cm³/mol. The first kappa shape index (κ1) is 26.5. The molecule has 4 heterocycles. The highest BCUT2D eigenvalue weighted by Gasteiger charge is 2.21. The Bertz CT molecular complexity index is 2780. The molecule has 4 aromatic heterocycles. The molecule has 6 aromatic carbocycles. The van der Waals surface area contributed by atoms with E-state index in [0.29, 0.717) is 23.3 Å². The molecule has 0 atom stereocenters. The molecule has 0 radical (unpaired) electrons. The molecule has 6 heteroatoms. The summed E-state index contributed by atoms with van der Waals surface area (Å²) < 4.78 is 8.47. The molecule has 0 spiro atoms. The van der Waals surface area contributed by atoms with Crippen LogP contribution in [0.2, 0.25) is 0 Å². The minimum absolute atomic E-state index is 0.551. The molecule has 6 nitrogen and oxygen atoms in total. The molecule has 224 valence electrons. The van der Waals surface area contributed by atoms with Crippen molar-refractivity contribution in [2.45, 2.75) is 0 Å². The molecule has 0 aliphatic heterocycles. The molecule has 0 unspecified atom stereocenters. The van der Waals surface area contributed by atoms with Crippen LogP contribution in [0.1, 0.15) is 0 Å². The van der Waals surface area contributed by atoms with E-state index >= 15 is 0 Å². The maximum Gasteiger partial charge on any atom is 0.238 e. The molecule has 0 N–H and O–H groups in total. The Kier molecular flexibility index (Phi) is 5.77. The van der Waals surface area contributed by atoms with Gasteiger partial charge in [0.25, 0.3) is 0 Å². The summed E-state index contributed by atoms with van der Waals surface area (Å²) in [5.74, 6) is 1.71. The molecule has 0 amide bonds. The smallest absolute Gasteiger partial charge is 0.238 e. The monoisotopic (exact) mass is 615 g/mol. The Morgan fingerprint density at radius 1 is 0.458 bits per heavy atom. The summed E-state index contributed by atoms with van der Waals surface area (Å²) in [5, 5.41) is 6.39. The number of hydrogen-bond acceptors (Lipinski definition) is 5. The standard InChI is InChI=1S/C42H25N5O/c1-2-11-26(12-3-1)27-20-22-28(23-21-27)39-44-40(46-42(45-39)47-35-18-8-6-14-30(35)31-15-7-9-19-36(31)47)34-25-37-38(32-16-5-4-13-29(32)34)33-17-10-24-43-41(33)48-37/h1-25H. The number of rotatable bonds is 4. The summed E-state index contributed by atoms with van der Waals surface area (Å²) in [4.78, 5) is 20.1. The minimum atomic E-state index is 0.551. The third kappa shape index (κ3) is 4.06. The van der Waals surface area contributed by atoms with Gasteiger partial charge in [-0.1, -0.05) is 115 Å². The van der Waals surface area contributed by atoms with E-state index < -0.39 is 0 Å². The lowest BCUT2D eigenvalue weighted by atomic mass is 9.99. The van der Waals surface area contributed by atoms with E-state index in [4.69, 9.17) is 19.4 Å². The molecule has 10 rings (SSSR count). The van der Waals surface area contributed by atoms with E-state index in [1.807, 2.05) is 18.2 Å². The van der Waals surface area contributed by atoms with Gasteiger partial charge in [-0.3, -0.25) is 4.57 Å². The van der Waals surface area contributed by atoms with E-state index in [2.05, 4.69) is 137 Å². The number of nitrogens with zero attached hydrogens (tertiary/aromatic N) is 5. The number of aromatic nitrogens is 5. The number of para-hydroxylation sites is 2. The highest BCUT2D eigenvalue weighted by molar-refractivity contribution is 6.21. The zero-order valence-corrected chi connectivity index (χ0v) is 25.6. The number of furan rings is 1. The van der Waals surface area contributed by atoms with Gasteiger partial charge in [-0.25, -0.2) is 9.97 Å². The van der Waals surface area contributed by atoms with Gasteiger partial charge in [0.1, 0.15) is 5.58 Å². The molecule has 0 saturated heterocycles. The number of benzene rings is 6. The normalized spacial score (nSPS) is 11.8. The molecule has 10 aromatic rings. The topological polar surface area (TPSA) is 69.6 Å². The average Bonchev–Trinajstić information content (AvgIpc) is 3.71. The van der Waals surface area contributed by atoms with Crippen LogP contribution in [0, 0.1) is 0 Å². The fourth-order valence-corrected chi connectivity index (χ4v) is 6.95. The first-order valence-corrected chi connectivity index (χ1v) is 15.9. The van der Waals surface area contributed by atoms with Crippen molar-refractivity contribution in [2.24, 2.45) is 0 Å². The summed E-state index contributed by atoms with van der Waals surface area (Å²) in [7, 11) is 0. The highest BCUT2D eigenvalue weighted by Crippen LogP contribution is 2.39. The van der Waals surface area contributed by atoms with Gasteiger partial charge >= 0.3 is 0 Å².